The fourth-order valence-corrected chi connectivity index (χ4v) is 4.41. The number of rotatable bonds is 5. The summed E-state index contributed by atoms with van der Waals surface area (Å²) < 4.78 is 44.3. The van der Waals surface area contributed by atoms with Gasteiger partial charge in [-0.15, -0.1) is 0 Å². The van der Waals surface area contributed by atoms with E-state index in [1.54, 1.807) is 13.0 Å². The monoisotopic (exact) mass is 413 g/mol. The second-order valence-electron chi connectivity index (χ2n) is 8.06. The third kappa shape index (κ3) is 5.63. The van der Waals surface area contributed by atoms with Gasteiger partial charge in [0.25, 0.3) is 0 Å². The number of nitrogens with one attached hydrogen (secondary N) is 2. The number of benzene rings is 1. The molecule has 2 amide bonds. The van der Waals surface area contributed by atoms with Crippen molar-refractivity contribution in [2.75, 3.05) is 32.8 Å². The standard InChI is InChI=1S/C21H30F3N3O2/c1-16(17-6-5-7-18(14-17)21(22,23)24)26-19(28)25-15-20(8-3-2-4-9-20)27-10-12-29-13-11-27/h5-7,14,16H,2-4,8-13,15H2,1H3,(H2,25,26,28). The Morgan fingerprint density at radius 2 is 1.90 bits per heavy atom. The lowest BCUT2D eigenvalue weighted by Crippen LogP contribution is -2.60. The summed E-state index contributed by atoms with van der Waals surface area (Å²) in [5, 5.41) is 5.76. The highest BCUT2D eigenvalue weighted by molar-refractivity contribution is 5.74. The number of alkyl halides is 3. The van der Waals surface area contributed by atoms with Crippen molar-refractivity contribution < 1.29 is 22.7 Å². The van der Waals surface area contributed by atoms with Crippen LogP contribution in [0.25, 0.3) is 0 Å². The van der Waals surface area contributed by atoms with E-state index in [9.17, 15) is 18.0 Å². The molecule has 1 saturated carbocycles. The number of amides is 2. The minimum Gasteiger partial charge on any atom is -0.379 e. The van der Waals surface area contributed by atoms with Crippen molar-refractivity contribution in [3.63, 3.8) is 0 Å². The zero-order valence-corrected chi connectivity index (χ0v) is 16.9. The van der Waals surface area contributed by atoms with Gasteiger partial charge in [-0.1, -0.05) is 31.4 Å². The zero-order chi connectivity index (χ0) is 20.9. The Bertz CT molecular complexity index is 684. The number of nitrogens with zero attached hydrogens (tertiary/aromatic N) is 1. The minimum absolute atomic E-state index is 0.0567. The predicted octanol–water partition coefficient (Wildman–Crippen LogP) is 4.10. The van der Waals surface area contributed by atoms with Crippen LogP contribution in [0.3, 0.4) is 0 Å². The molecule has 2 aliphatic rings. The first kappa shape index (κ1) is 21.9. The lowest BCUT2D eigenvalue weighted by atomic mass is 9.80. The number of carbonyl (C=O) groups excluding carboxylic acids is 1. The van der Waals surface area contributed by atoms with Crippen LogP contribution < -0.4 is 10.6 Å². The number of hydrogen-bond acceptors (Lipinski definition) is 3. The van der Waals surface area contributed by atoms with E-state index in [0.29, 0.717) is 25.3 Å². The van der Waals surface area contributed by atoms with E-state index >= 15 is 0 Å². The zero-order valence-electron chi connectivity index (χ0n) is 16.9. The van der Waals surface area contributed by atoms with Crippen molar-refractivity contribution in [2.24, 2.45) is 0 Å². The summed E-state index contributed by atoms with van der Waals surface area (Å²) in [6.45, 7) is 5.37. The van der Waals surface area contributed by atoms with Crippen LogP contribution >= 0.6 is 0 Å². The maximum atomic E-state index is 12.9. The highest BCUT2D eigenvalue weighted by Crippen LogP contribution is 2.34. The number of morpholine rings is 1. The van der Waals surface area contributed by atoms with E-state index < -0.39 is 17.8 Å². The largest absolute Gasteiger partial charge is 0.416 e. The molecule has 8 heteroatoms. The lowest BCUT2D eigenvalue weighted by molar-refractivity contribution is -0.137. The number of ether oxygens (including phenoxy) is 1. The van der Waals surface area contributed by atoms with Gasteiger partial charge in [0.15, 0.2) is 0 Å². The van der Waals surface area contributed by atoms with E-state index in [0.717, 1.165) is 50.9 Å². The molecule has 162 valence electrons. The van der Waals surface area contributed by atoms with E-state index in [2.05, 4.69) is 15.5 Å². The van der Waals surface area contributed by atoms with Gasteiger partial charge >= 0.3 is 12.2 Å². The third-order valence-electron chi connectivity index (χ3n) is 6.11. The van der Waals surface area contributed by atoms with Gasteiger partial charge < -0.3 is 15.4 Å². The van der Waals surface area contributed by atoms with Crippen molar-refractivity contribution >= 4 is 6.03 Å². The van der Waals surface area contributed by atoms with E-state index in [1.807, 2.05) is 0 Å². The van der Waals surface area contributed by atoms with E-state index in [4.69, 9.17) is 4.74 Å². The second kappa shape index (κ2) is 9.34. The Morgan fingerprint density at radius 3 is 2.55 bits per heavy atom. The van der Waals surface area contributed by atoms with E-state index in [-0.39, 0.29) is 11.6 Å². The summed E-state index contributed by atoms with van der Waals surface area (Å²) in [5.41, 5.74) is -0.341. The predicted molar refractivity (Wildman–Crippen MR) is 105 cm³/mol. The number of carbonyl (C=O) groups is 1. The van der Waals surface area contributed by atoms with Gasteiger partial charge in [0.2, 0.25) is 0 Å². The van der Waals surface area contributed by atoms with Crippen LogP contribution in [0.5, 0.6) is 0 Å². The molecule has 1 aliphatic heterocycles. The smallest absolute Gasteiger partial charge is 0.379 e. The van der Waals surface area contributed by atoms with Gasteiger partial charge in [-0.3, -0.25) is 4.90 Å². The van der Waals surface area contributed by atoms with Crippen LogP contribution in [0.15, 0.2) is 24.3 Å². The molecule has 0 aromatic heterocycles. The van der Waals surface area contributed by atoms with Crippen molar-refractivity contribution in [2.45, 2.75) is 56.8 Å². The van der Waals surface area contributed by atoms with Crippen LogP contribution in [0.2, 0.25) is 0 Å². The molecule has 1 aromatic rings. The Kier molecular flexibility index (Phi) is 7.05. The fourth-order valence-electron chi connectivity index (χ4n) is 4.41. The Labute approximate surface area is 170 Å². The van der Waals surface area contributed by atoms with E-state index in [1.165, 1.54) is 12.5 Å². The molecule has 0 bridgehead atoms. The molecule has 29 heavy (non-hydrogen) atoms. The van der Waals surface area contributed by atoms with Crippen LogP contribution in [0, 0.1) is 0 Å². The SMILES string of the molecule is CC(NC(=O)NCC1(N2CCOCC2)CCCCC1)c1cccc(C(F)(F)F)c1. The summed E-state index contributed by atoms with van der Waals surface area (Å²) in [5.74, 6) is 0. The first-order chi connectivity index (χ1) is 13.8. The topological polar surface area (TPSA) is 53.6 Å². The first-order valence-electron chi connectivity index (χ1n) is 10.3. The van der Waals surface area contributed by atoms with Crippen LogP contribution in [0.4, 0.5) is 18.0 Å². The first-order valence-corrected chi connectivity index (χ1v) is 10.3. The van der Waals surface area contributed by atoms with Gasteiger partial charge in [0.05, 0.1) is 24.8 Å². The summed E-state index contributed by atoms with van der Waals surface area (Å²) in [7, 11) is 0. The molecule has 2 fully saturated rings. The van der Waals surface area contributed by atoms with Crippen molar-refractivity contribution in [3.8, 4) is 0 Å². The fraction of sp³-hybridized carbons (Fsp3) is 0.667. The van der Waals surface area contributed by atoms with Crippen LogP contribution in [-0.4, -0.2) is 49.3 Å². The summed E-state index contributed by atoms with van der Waals surface area (Å²) in [6, 6.07) is 4.20. The molecule has 1 heterocycles. The molecule has 1 aromatic carbocycles. The average molecular weight is 413 g/mol. The maximum absolute atomic E-state index is 12.9. The van der Waals surface area contributed by atoms with Gasteiger partial charge in [-0.05, 0) is 37.5 Å². The molecule has 3 rings (SSSR count). The third-order valence-corrected chi connectivity index (χ3v) is 6.11. The van der Waals surface area contributed by atoms with Gasteiger partial charge in [0, 0.05) is 25.2 Å². The minimum atomic E-state index is -4.40. The van der Waals surface area contributed by atoms with Gasteiger partial charge in [0.1, 0.15) is 0 Å². The summed E-state index contributed by atoms with van der Waals surface area (Å²) in [4.78, 5) is 14.9. The molecule has 1 atom stereocenters. The molecule has 2 N–H and O–H groups in total. The quantitative estimate of drug-likeness (QED) is 0.764. The molecule has 1 saturated heterocycles. The Balaban J connectivity index is 1.59. The Hall–Kier alpha value is -1.80. The Morgan fingerprint density at radius 1 is 1.21 bits per heavy atom. The summed E-state index contributed by atoms with van der Waals surface area (Å²) in [6.07, 6.45) is 1.17. The maximum Gasteiger partial charge on any atom is 0.416 e. The molecule has 1 aliphatic carbocycles. The van der Waals surface area contributed by atoms with Crippen molar-refractivity contribution in [1.29, 1.82) is 0 Å². The van der Waals surface area contributed by atoms with Gasteiger partial charge in [-0.2, -0.15) is 13.2 Å². The van der Waals surface area contributed by atoms with Gasteiger partial charge in [-0.25, -0.2) is 4.79 Å². The van der Waals surface area contributed by atoms with Crippen LogP contribution in [0.1, 0.15) is 56.2 Å². The molecular weight excluding hydrogens is 383 g/mol. The van der Waals surface area contributed by atoms with Crippen LogP contribution in [-0.2, 0) is 10.9 Å². The average Bonchev–Trinajstić information content (AvgIpc) is 2.73. The normalized spacial score (nSPS) is 21.4. The summed E-state index contributed by atoms with van der Waals surface area (Å²) >= 11 is 0. The molecule has 0 spiro atoms. The second-order valence-corrected chi connectivity index (χ2v) is 8.06. The molecule has 0 radical (unpaired) electrons. The molecular formula is C21H30F3N3O2. The highest BCUT2D eigenvalue weighted by Gasteiger charge is 2.39. The number of urea groups is 1. The van der Waals surface area contributed by atoms with Crippen molar-refractivity contribution in [1.82, 2.24) is 15.5 Å². The molecule has 1 unspecified atom stereocenters. The van der Waals surface area contributed by atoms with Crippen molar-refractivity contribution in [3.05, 3.63) is 35.4 Å². The molecule has 5 nitrogen and oxygen atoms in total. The lowest BCUT2D eigenvalue weighted by Gasteiger charge is -2.48. The number of hydrogen-bond donors (Lipinski definition) is 2. The number of halogens is 3. The highest BCUT2D eigenvalue weighted by atomic mass is 19.4.